The summed E-state index contributed by atoms with van der Waals surface area (Å²) in [6.07, 6.45) is 2.06. The number of hydrogen-bond acceptors (Lipinski definition) is 6. The lowest BCUT2D eigenvalue weighted by molar-refractivity contribution is -0.133. The SMILES string of the molecule is O=C(CN1CCN(Cc2ccsc2)CC1)N1CCC(c2nc3ccccc3s2)CC1. The van der Waals surface area contributed by atoms with Crippen LogP contribution in [0.4, 0.5) is 0 Å². The molecule has 0 atom stereocenters. The van der Waals surface area contributed by atoms with Crippen molar-refractivity contribution in [2.45, 2.75) is 25.3 Å². The Morgan fingerprint density at radius 2 is 1.77 bits per heavy atom. The van der Waals surface area contributed by atoms with Gasteiger partial charge in [0.1, 0.15) is 0 Å². The number of carbonyl (C=O) groups excluding carboxylic acids is 1. The highest BCUT2D eigenvalue weighted by Crippen LogP contribution is 2.33. The number of benzene rings is 1. The molecule has 7 heteroatoms. The molecular weight excluding hydrogens is 412 g/mol. The summed E-state index contributed by atoms with van der Waals surface area (Å²) in [4.78, 5) is 24.6. The number of nitrogens with zero attached hydrogens (tertiary/aromatic N) is 4. The molecular formula is C23H28N4OS2. The lowest BCUT2D eigenvalue weighted by Crippen LogP contribution is -2.50. The van der Waals surface area contributed by atoms with Gasteiger partial charge in [0.2, 0.25) is 5.91 Å². The van der Waals surface area contributed by atoms with Crippen LogP contribution in [-0.4, -0.2) is 71.4 Å². The normalized spacial score (nSPS) is 19.5. The van der Waals surface area contributed by atoms with Crippen molar-refractivity contribution in [2.75, 3.05) is 45.8 Å². The Labute approximate surface area is 185 Å². The Hall–Kier alpha value is -1.80. The summed E-state index contributed by atoms with van der Waals surface area (Å²) in [5.74, 6) is 0.788. The van der Waals surface area contributed by atoms with Crippen molar-refractivity contribution in [3.63, 3.8) is 0 Å². The van der Waals surface area contributed by atoms with Gasteiger partial charge in [0.25, 0.3) is 0 Å². The van der Waals surface area contributed by atoms with Gasteiger partial charge < -0.3 is 4.90 Å². The maximum atomic E-state index is 12.8. The topological polar surface area (TPSA) is 39.7 Å². The third-order valence-electron chi connectivity index (χ3n) is 6.32. The summed E-state index contributed by atoms with van der Waals surface area (Å²) in [5, 5.41) is 5.61. The molecule has 2 aliphatic heterocycles. The lowest BCUT2D eigenvalue weighted by atomic mass is 9.97. The zero-order chi connectivity index (χ0) is 20.3. The van der Waals surface area contributed by atoms with Crippen LogP contribution >= 0.6 is 22.7 Å². The van der Waals surface area contributed by atoms with Crippen molar-refractivity contribution in [1.29, 1.82) is 0 Å². The number of rotatable bonds is 5. The first-order valence-corrected chi connectivity index (χ1v) is 12.6. The second-order valence-corrected chi connectivity index (χ2v) is 10.2. The number of likely N-dealkylation sites (tertiary alicyclic amines) is 1. The quantitative estimate of drug-likeness (QED) is 0.604. The molecule has 2 aliphatic rings. The van der Waals surface area contributed by atoms with Gasteiger partial charge >= 0.3 is 0 Å². The van der Waals surface area contributed by atoms with Gasteiger partial charge in [0, 0.05) is 51.7 Å². The zero-order valence-corrected chi connectivity index (χ0v) is 18.8. The summed E-state index contributed by atoms with van der Waals surface area (Å²) in [7, 11) is 0. The average molecular weight is 441 g/mol. The lowest BCUT2D eigenvalue weighted by Gasteiger charge is -2.36. The standard InChI is InChI=1S/C23H28N4OS2/c28-22(16-26-12-10-25(11-13-26)15-18-7-14-29-17-18)27-8-5-19(6-9-27)23-24-20-3-1-2-4-21(20)30-23/h1-4,7,14,17,19H,5-6,8-13,15-16H2. The molecule has 0 spiro atoms. The average Bonchev–Trinajstić information content (AvgIpc) is 3.45. The molecule has 2 aromatic heterocycles. The first-order chi connectivity index (χ1) is 14.7. The molecule has 0 saturated carbocycles. The number of fused-ring (bicyclic) bond motifs is 1. The van der Waals surface area contributed by atoms with E-state index in [-0.39, 0.29) is 0 Å². The third kappa shape index (κ3) is 4.59. The number of piperidine rings is 1. The highest BCUT2D eigenvalue weighted by molar-refractivity contribution is 7.18. The fraction of sp³-hybridized carbons (Fsp3) is 0.478. The number of carbonyl (C=O) groups is 1. The van der Waals surface area contributed by atoms with Crippen LogP contribution in [0.1, 0.15) is 29.3 Å². The van der Waals surface area contributed by atoms with Crippen LogP contribution in [0.3, 0.4) is 0 Å². The van der Waals surface area contributed by atoms with Gasteiger partial charge in [0.05, 0.1) is 21.8 Å². The smallest absolute Gasteiger partial charge is 0.236 e. The Bertz CT molecular complexity index is 937. The fourth-order valence-electron chi connectivity index (χ4n) is 4.48. The predicted molar refractivity (Wildman–Crippen MR) is 124 cm³/mol. The van der Waals surface area contributed by atoms with Crippen LogP contribution in [-0.2, 0) is 11.3 Å². The molecule has 0 bridgehead atoms. The number of aromatic nitrogens is 1. The number of piperazine rings is 1. The summed E-state index contributed by atoms with van der Waals surface area (Å²) < 4.78 is 1.27. The van der Waals surface area contributed by atoms with Crippen LogP contribution in [0.15, 0.2) is 41.1 Å². The Balaban J connectivity index is 1.08. The fourth-order valence-corrected chi connectivity index (χ4v) is 6.27. The first kappa shape index (κ1) is 20.1. The van der Waals surface area contributed by atoms with Crippen molar-refractivity contribution in [2.24, 2.45) is 0 Å². The maximum absolute atomic E-state index is 12.8. The molecule has 0 unspecified atom stereocenters. The minimum atomic E-state index is 0.295. The van der Waals surface area contributed by atoms with Crippen LogP contribution in [0.2, 0.25) is 0 Å². The molecule has 30 heavy (non-hydrogen) atoms. The molecule has 1 amide bonds. The molecule has 2 fully saturated rings. The molecule has 0 N–H and O–H groups in total. The van der Waals surface area contributed by atoms with Gasteiger partial charge in [-0.05, 0) is 47.4 Å². The van der Waals surface area contributed by atoms with Gasteiger partial charge in [-0.3, -0.25) is 14.6 Å². The predicted octanol–water partition coefficient (Wildman–Crippen LogP) is 3.88. The highest BCUT2D eigenvalue weighted by Gasteiger charge is 2.27. The number of thiazole rings is 1. The largest absolute Gasteiger partial charge is 0.342 e. The Morgan fingerprint density at radius 1 is 1.00 bits per heavy atom. The molecule has 5 nitrogen and oxygen atoms in total. The van der Waals surface area contributed by atoms with Crippen LogP contribution in [0, 0.1) is 0 Å². The summed E-state index contributed by atoms with van der Waals surface area (Å²) >= 11 is 3.58. The van der Waals surface area contributed by atoms with Gasteiger partial charge in [-0.15, -0.1) is 11.3 Å². The molecule has 3 aromatic rings. The number of hydrogen-bond donors (Lipinski definition) is 0. The van der Waals surface area contributed by atoms with E-state index in [1.54, 1.807) is 11.3 Å². The minimum Gasteiger partial charge on any atom is -0.342 e. The van der Waals surface area contributed by atoms with E-state index in [2.05, 4.69) is 55.8 Å². The number of para-hydroxylation sites is 1. The van der Waals surface area contributed by atoms with Crippen molar-refractivity contribution in [3.05, 3.63) is 51.7 Å². The van der Waals surface area contributed by atoms with Crippen LogP contribution in [0.5, 0.6) is 0 Å². The van der Waals surface area contributed by atoms with Crippen molar-refractivity contribution < 1.29 is 4.79 Å². The van der Waals surface area contributed by atoms with E-state index in [4.69, 9.17) is 4.98 Å². The molecule has 4 heterocycles. The van der Waals surface area contributed by atoms with Gasteiger partial charge in [-0.1, -0.05) is 12.1 Å². The van der Waals surface area contributed by atoms with E-state index >= 15 is 0 Å². The van der Waals surface area contributed by atoms with Gasteiger partial charge in [-0.25, -0.2) is 4.98 Å². The van der Waals surface area contributed by atoms with E-state index < -0.39 is 0 Å². The Kier molecular flexibility index (Phi) is 6.13. The van der Waals surface area contributed by atoms with E-state index in [9.17, 15) is 4.79 Å². The number of thiophene rings is 1. The van der Waals surface area contributed by atoms with E-state index in [1.165, 1.54) is 15.3 Å². The van der Waals surface area contributed by atoms with Crippen molar-refractivity contribution >= 4 is 38.8 Å². The molecule has 1 aromatic carbocycles. The molecule has 2 saturated heterocycles. The monoisotopic (exact) mass is 440 g/mol. The van der Waals surface area contributed by atoms with Crippen LogP contribution < -0.4 is 0 Å². The molecule has 158 valence electrons. The van der Waals surface area contributed by atoms with Gasteiger partial charge in [-0.2, -0.15) is 11.3 Å². The summed E-state index contributed by atoms with van der Waals surface area (Å²) in [6.45, 7) is 7.37. The summed E-state index contributed by atoms with van der Waals surface area (Å²) in [5.41, 5.74) is 2.51. The minimum absolute atomic E-state index is 0.295. The van der Waals surface area contributed by atoms with Crippen molar-refractivity contribution in [3.8, 4) is 0 Å². The molecule has 0 aliphatic carbocycles. The maximum Gasteiger partial charge on any atom is 0.236 e. The zero-order valence-electron chi connectivity index (χ0n) is 17.2. The van der Waals surface area contributed by atoms with E-state index in [1.807, 2.05) is 11.3 Å². The van der Waals surface area contributed by atoms with Crippen molar-refractivity contribution in [1.82, 2.24) is 19.7 Å². The summed E-state index contributed by atoms with van der Waals surface area (Å²) in [6, 6.07) is 10.6. The number of amides is 1. The van der Waals surface area contributed by atoms with E-state index in [0.717, 1.165) is 64.2 Å². The Morgan fingerprint density at radius 3 is 2.50 bits per heavy atom. The van der Waals surface area contributed by atoms with Gasteiger partial charge in [0.15, 0.2) is 0 Å². The highest BCUT2D eigenvalue weighted by atomic mass is 32.1. The van der Waals surface area contributed by atoms with Crippen LogP contribution in [0.25, 0.3) is 10.2 Å². The second-order valence-electron chi connectivity index (χ2n) is 8.36. The second kappa shape index (κ2) is 9.14. The third-order valence-corrected chi connectivity index (χ3v) is 8.25. The first-order valence-electron chi connectivity index (χ1n) is 10.8. The van der Waals surface area contributed by atoms with E-state index in [0.29, 0.717) is 18.4 Å². The molecule has 0 radical (unpaired) electrons. The molecule has 5 rings (SSSR count).